The summed E-state index contributed by atoms with van der Waals surface area (Å²) in [7, 11) is 0. The first-order chi connectivity index (χ1) is 15.6. The molecular formula is C25H30N4O2S. The predicted molar refractivity (Wildman–Crippen MR) is 134 cm³/mol. The summed E-state index contributed by atoms with van der Waals surface area (Å²) in [4.78, 5) is 20.3. The standard InChI is InChI=1S/C25H30N4O2S/c1-19-8-9-23-20(16-19)17-21(24(30)27-23)18-29(11-5-10-28-12-14-31-15-13-28)25(32)26-22-6-3-2-4-7-22/h2-4,6-9,16-17H,5,10-15,18H2,1H3,(H,26,32)(H,27,30). The number of fused-ring (bicyclic) bond motifs is 1. The molecule has 32 heavy (non-hydrogen) atoms. The molecule has 1 aliphatic rings. The predicted octanol–water partition coefficient (Wildman–Crippen LogP) is 3.76. The molecule has 1 aromatic heterocycles. The SMILES string of the molecule is Cc1ccc2[nH]c(=O)c(CN(CCCN3CCOCC3)C(=S)Nc3ccccc3)cc2c1. The van der Waals surface area contributed by atoms with Gasteiger partial charge in [0, 0.05) is 42.9 Å². The highest BCUT2D eigenvalue weighted by atomic mass is 32.1. The van der Waals surface area contributed by atoms with Crippen molar-refractivity contribution < 1.29 is 4.74 Å². The van der Waals surface area contributed by atoms with E-state index in [1.165, 1.54) is 5.56 Å². The quantitative estimate of drug-likeness (QED) is 0.535. The Balaban J connectivity index is 1.50. The van der Waals surface area contributed by atoms with Crippen LogP contribution in [0.4, 0.5) is 5.69 Å². The minimum atomic E-state index is -0.0676. The maximum absolute atomic E-state index is 12.8. The Labute approximate surface area is 194 Å². The molecule has 0 bridgehead atoms. The smallest absolute Gasteiger partial charge is 0.253 e. The zero-order valence-corrected chi connectivity index (χ0v) is 19.3. The molecule has 1 fully saturated rings. The van der Waals surface area contributed by atoms with Crippen LogP contribution in [0.3, 0.4) is 0 Å². The molecule has 168 valence electrons. The van der Waals surface area contributed by atoms with Crippen LogP contribution < -0.4 is 10.9 Å². The van der Waals surface area contributed by atoms with Crippen molar-refractivity contribution >= 4 is 33.9 Å². The Morgan fingerprint density at radius 3 is 2.72 bits per heavy atom. The Morgan fingerprint density at radius 2 is 1.94 bits per heavy atom. The normalized spacial score (nSPS) is 14.4. The summed E-state index contributed by atoms with van der Waals surface area (Å²) in [6.45, 7) is 7.80. The van der Waals surface area contributed by atoms with Crippen molar-refractivity contribution in [3.63, 3.8) is 0 Å². The molecule has 0 amide bonds. The monoisotopic (exact) mass is 450 g/mol. The third-order valence-electron chi connectivity index (χ3n) is 5.76. The molecule has 0 atom stereocenters. The van der Waals surface area contributed by atoms with E-state index >= 15 is 0 Å². The molecule has 4 rings (SSSR count). The number of nitrogens with one attached hydrogen (secondary N) is 2. The van der Waals surface area contributed by atoms with E-state index in [9.17, 15) is 4.79 Å². The van der Waals surface area contributed by atoms with Gasteiger partial charge in [-0.15, -0.1) is 0 Å². The Morgan fingerprint density at radius 1 is 1.16 bits per heavy atom. The van der Waals surface area contributed by atoms with Crippen molar-refractivity contribution in [2.24, 2.45) is 0 Å². The highest BCUT2D eigenvalue weighted by Gasteiger charge is 2.15. The van der Waals surface area contributed by atoms with Gasteiger partial charge in [-0.05, 0) is 61.3 Å². The van der Waals surface area contributed by atoms with Gasteiger partial charge in [-0.2, -0.15) is 0 Å². The van der Waals surface area contributed by atoms with E-state index in [1.807, 2.05) is 48.5 Å². The van der Waals surface area contributed by atoms with Gasteiger partial charge in [0.15, 0.2) is 5.11 Å². The number of H-pyrrole nitrogens is 1. The van der Waals surface area contributed by atoms with Crippen LogP contribution >= 0.6 is 12.2 Å². The molecule has 2 heterocycles. The Kier molecular flexibility index (Phi) is 7.52. The van der Waals surface area contributed by atoms with Gasteiger partial charge < -0.3 is 19.9 Å². The van der Waals surface area contributed by atoms with E-state index in [4.69, 9.17) is 17.0 Å². The number of hydrogen-bond acceptors (Lipinski definition) is 4. The van der Waals surface area contributed by atoms with Gasteiger partial charge in [-0.1, -0.05) is 29.8 Å². The molecule has 0 saturated carbocycles. The lowest BCUT2D eigenvalue weighted by Gasteiger charge is -2.29. The summed E-state index contributed by atoms with van der Waals surface area (Å²) < 4.78 is 5.45. The highest BCUT2D eigenvalue weighted by molar-refractivity contribution is 7.80. The Hall–Kier alpha value is -2.74. The average Bonchev–Trinajstić information content (AvgIpc) is 2.80. The highest BCUT2D eigenvalue weighted by Crippen LogP contribution is 2.15. The minimum absolute atomic E-state index is 0.0676. The van der Waals surface area contributed by atoms with Crippen molar-refractivity contribution in [3.05, 3.63) is 76.1 Å². The number of benzene rings is 2. The largest absolute Gasteiger partial charge is 0.379 e. The molecule has 0 unspecified atom stereocenters. The number of pyridine rings is 1. The number of para-hydroxylation sites is 1. The van der Waals surface area contributed by atoms with Crippen LogP contribution in [0, 0.1) is 6.92 Å². The number of aromatic nitrogens is 1. The molecule has 0 radical (unpaired) electrons. The number of nitrogens with zero attached hydrogens (tertiary/aromatic N) is 2. The van der Waals surface area contributed by atoms with Crippen LogP contribution in [0.15, 0.2) is 59.4 Å². The molecule has 0 aliphatic carbocycles. The number of anilines is 1. The number of aryl methyl sites for hydroxylation is 1. The third kappa shape index (κ3) is 5.94. The van der Waals surface area contributed by atoms with Gasteiger partial charge in [0.1, 0.15) is 0 Å². The van der Waals surface area contributed by atoms with E-state index in [1.54, 1.807) is 0 Å². The molecule has 7 heteroatoms. The van der Waals surface area contributed by atoms with E-state index in [2.05, 4.69) is 33.1 Å². The number of thiocarbonyl (C=S) groups is 1. The first-order valence-corrected chi connectivity index (χ1v) is 11.5. The van der Waals surface area contributed by atoms with Crippen molar-refractivity contribution in [1.29, 1.82) is 0 Å². The van der Waals surface area contributed by atoms with Gasteiger partial charge in [-0.25, -0.2) is 0 Å². The fourth-order valence-corrected chi connectivity index (χ4v) is 4.25. The van der Waals surface area contributed by atoms with Crippen LogP contribution in [0.25, 0.3) is 10.9 Å². The second kappa shape index (κ2) is 10.7. The average molecular weight is 451 g/mol. The lowest BCUT2D eigenvalue weighted by molar-refractivity contribution is 0.0367. The fraction of sp³-hybridized carbons (Fsp3) is 0.360. The molecule has 2 aromatic carbocycles. The topological polar surface area (TPSA) is 60.6 Å². The number of morpholine rings is 1. The number of hydrogen-bond donors (Lipinski definition) is 2. The lowest BCUT2D eigenvalue weighted by atomic mass is 10.1. The molecule has 3 aromatic rings. The van der Waals surface area contributed by atoms with Crippen LogP contribution in [-0.2, 0) is 11.3 Å². The van der Waals surface area contributed by atoms with Crippen molar-refractivity contribution in [2.45, 2.75) is 19.9 Å². The molecule has 6 nitrogen and oxygen atoms in total. The third-order valence-corrected chi connectivity index (χ3v) is 6.12. The van der Waals surface area contributed by atoms with E-state index < -0.39 is 0 Å². The van der Waals surface area contributed by atoms with Crippen LogP contribution in [0.5, 0.6) is 0 Å². The number of rotatable bonds is 7. The fourth-order valence-electron chi connectivity index (χ4n) is 3.98. The summed E-state index contributed by atoms with van der Waals surface area (Å²) in [5, 5.41) is 4.99. The summed E-state index contributed by atoms with van der Waals surface area (Å²) in [6, 6.07) is 18.0. The van der Waals surface area contributed by atoms with Crippen LogP contribution in [0.2, 0.25) is 0 Å². The summed E-state index contributed by atoms with van der Waals surface area (Å²) in [6.07, 6.45) is 0.960. The summed E-state index contributed by atoms with van der Waals surface area (Å²) >= 11 is 5.76. The van der Waals surface area contributed by atoms with Crippen molar-refractivity contribution in [3.8, 4) is 0 Å². The maximum atomic E-state index is 12.8. The second-order valence-corrected chi connectivity index (χ2v) is 8.63. The van der Waals surface area contributed by atoms with Crippen molar-refractivity contribution in [2.75, 3.05) is 44.7 Å². The van der Waals surface area contributed by atoms with Gasteiger partial charge in [0.25, 0.3) is 5.56 Å². The first-order valence-electron chi connectivity index (χ1n) is 11.1. The van der Waals surface area contributed by atoms with E-state index in [0.717, 1.165) is 62.4 Å². The lowest BCUT2D eigenvalue weighted by Crippen LogP contribution is -2.40. The Bertz CT molecular complexity index is 1110. The van der Waals surface area contributed by atoms with Gasteiger partial charge in [-0.3, -0.25) is 9.69 Å². The maximum Gasteiger partial charge on any atom is 0.253 e. The molecule has 1 aliphatic heterocycles. The minimum Gasteiger partial charge on any atom is -0.379 e. The molecule has 0 spiro atoms. The first kappa shape index (κ1) is 22.5. The zero-order chi connectivity index (χ0) is 22.3. The molecular weight excluding hydrogens is 420 g/mol. The summed E-state index contributed by atoms with van der Waals surface area (Å²) in [5.74, 6) is 0. The van der Waals surface area contributed by atoms with Gasteiger partial charge >= 0.3 is 0 Å². The van der Waals surface area contributed by atoms with Crippen LogP contribution in [-0.4, -0.2) is 59.3 Å². The molecule has 1 saturated heterocycles. The second-order valence-electron chi connectivity index (χ2n) is 8.24. The summed E-state index contributed by atoms with van der Waals surface area (Å²) in [5.41, 5.74) is 3.61. The van der Waals surface area contributed by atoms with Crippen LogP contribution in [0.1, 0.15) is 17.5 Å². The number of ether oxygens (including phenoxy) is 1. The van der Waals surface area contributed by atoms with Crippen molar-refractivity contribution in [1.82, 2.24) is 14.8 Å². The number of aromatic amines is 1. The zero-order valence-electron chi connectivity index (χ0n) is 18.5. The van der Waals surface area contributed by atoms with E-state index in [-0.39, 0.29) is 5.56 Å². The molecule has 2 N–H and O–H groups in total. The van der Waals surface area contributed by atoms with E-state index in [0.29, 0.717) is 17.2 Å². The van der Waals surface area contributed by atoms with Gasteiger partial charge in [0.05, 0.1) is 19.8 Å². The van der Waals surface area contributed by atoms with Gasteiger partial charge in [0.2, 0.25) is 0 Å².